The fourth-order valence-electron chi connectivity index (χ4n) is 1.06. The van der Waals surface area contributed by atoms with Crippen molar-refractivity contribution in [2.75, 3.05) is 7.05 Å². The summed E-state index contributed by atoms with van der Waals surface area (Å²) in [7, 11) is 1.56. The number of aromatic nitrogens is 1. The molecule has 0 aromatic carbocycles. The van der Waals surface area contributed by atoms with E-state index in [0.717, 1.165) is 0 Å². The Bertz CT molecular complexity index is 349. The highest BCUT2D eigenvalue weighted by molar-refractivity contribution is 6.29. The van der Waals surface area contributed by atoms with E-state index < -0.39 is 5.60 Å². The van der Waals surface area contributed by atoms with Gasteiger partial charge in [-0.05, 0) is 26.0 Å². The SMILES string of the molecule is CNC(=O)C(C)(C)Oc1ccc(Cl)nc1. The Morgan fingerprint density at radius 2 is 2.20 bits per heavy atom. The molecular formula is C10H13ClN2O2. The lowest BCUT2D eigenvalue weighted by molar-refractivity contribution is -0.133. The molecule has 15 heavy (non-hydrogen) atoms. The second kappa shape index (κ2) is 4.49. The van der Waals surface area contributed by atoms with Crippen molar-refractivity contribution < 1.29 is 9.53 Å². The van der Waals surface area contributed by atoms with Crippen molar-refractivity contribution in [1.29, 1.82) is 0 Å². The van der Waals surface area contributed by atoms with Crippen LogP contribution in [-0.2, 0) is 4.79 Å². The van der Waals surface area contributed by atoms with Gasteiger partial charge in [0.2, 0.25) is 0 Å². The summed E-state index contributed by atoms with van der Waals surface area (Å²) in [4.78, 5) is 15.3. The van der Waals surface area contributed by atoms with E-state index in [4.69, 9.17) is 16.3 Å². The first kappa shape index (κ1) is 11.8. The molecule has 0 aliphatic rings. The van der Waals surface area contributed by atoms with Gasteiger partial charge in [-0.2, -0.15) is 0 Å². The van der Waals surface area contributed by atoms with Gasteiger partial charge >= 0.3 is 0 Å². The average Bonchev–Trinajstić information content (AvgIpc) is 2.20. The Labute approximate surface area is 93.6 Å². The molecule has 1 aromatic rings. The minimum absolute atomic E-state index is 0.197. The molecule has 82 valence electrons. The fraction of sp³-hybridized carbons (Fsp3) is 0.400. The van der Waals surface area contributed by atoms with Crippen molar-refractivity contribution in [2.45, 2.75) is 19.4 Å². The number of nitrogens with zero attached hydrogens (tertiary/aromatic N) is 1. The number of carbonyl (C=O) groups is 1. The Morgan fingerprint density at radius 1 is 1.53 bits per heavy atom. The van der Waals surface area contributed by atoms with Crippen LogP contribution in [-0.4, -0.2) is 23.5 Å². The molecule has 0 fully saturated rings. The Balaban J connectivity index is 2.77. The molecule has 0 saturated heterocycles. The molecule has 0 unspecified atom stereocenters. The number of likely N-dealkylation sites (N-methyl/N-ethyl adjacent to an activating group) is 1. The zero-order valence-electron chi connectivity index (χ0n) is 8.87. The van der Waals surface area contributed by atoms with E-state index in [1.165, 1.54) is 6.20 Å². The lowest BCUT2D eigenvalue weighted by Gasteiger charge is -2.24. The summed E-state index contributed by atoms with van der Waals surface area (Å²) in [5, 5.41) is 2.92. The van der Waals surface area contributed by atoms with Crippen LogP contribution in [0.1, 0.15) is 13.8 Å². The summed E-state index contributed by atoms with van der Waals surface area (Å²) in [5.74, 6) is 0.311. The quantitative estimate of drug-likeness (QED) is 0.801. The summed E-state index contributed by atoms with van der Waals surface area (Å²) in [6, 6.07) is 3.27. The fourth-order valence-corrected chi connectivity index (χ4v) is 1.18. The molecule has 0 aliphatic carbocycles. The molecule has 5 heteroatoms. The third-order valence-electron chi connectivity index (χ3n) is 1.85. The van der Waals surface area contributed by atoms with Gasteiger partial charge in [0, 0.05) is 7.05 Å². The maximum Gasteiger partial charge on any atom is 0.263 e. The Morgan fingerprint density at radius 3 is 2.67 bits per heavy atom. The van der Waals surface area contributed by atoms with Crippen LogP contribution in [0.2, 0.25) is 5.15 Å². The van der Waals surface area contributed by atoms with Crippen molar-refractivity contribution in [1.82, 2.24) is 10.3 Å². The number of carbonyl (C=O) groups excluding carboxylic acids is 1. The largest absolute Gasteiger partial charge is 0.476 e. The molecule has 0 atom stereocenters. The normalized spacial score (nSPS) is 10.9. The number of ether oxygens (including phenoxy) is 1. The summed E-state index contributed by atoms with van der Waals surface area (Å²) in [6.07, 6.45) is 1.48. The van der Waals surface area contributed by atoms with E-state index in [-0.39, 0.29) is 5.91 Å². The number of halogens is 1. The predicted octanol–water partition coefficient (Wildman–Crippen LogP) is 1.64. The van der Waals surface area contributed by atoms with E-state index in [9.17, 15) is 4.79 Å². The summed E-state index contributed by atoms with van der Waals surface area (Å²) in [5.41, 5.74) is -0.926. The topological polar surface area (TPSA) is 51.2 Å². The zero-order valence-corrected chi connectivity index (χ0v) is 9.63. The zero-order chi connectivity index (χ0) is 11.5. The maximum absolute atomic E-state index is 11.4. The number of nitrogens with one attached hydrogen (secondary N) is 1. The maximum atomic E-state index is 11.4. The van der Waals surface area contributed by atoms with E-state index in [0.29, 0.717) is 10.9 Å². The number of amides is 1. The minimum Gasteiger partial charge on any atom is -0.476 e. The van der Waals surface area contributed by atoms with Crippen LogP contribution in [0.3, 0.4) is 0 Å². The molecule has 1 N–H and O–H groups in total. The summed E-state index contributed by atoms with van der Waals surface area (Å²) < 4.78 is 5.48. The van der Waals surface area contributed by atoms with Crippen LogP contribution in [0.15, 0.2) is 18.3 Å². The third kappa shape index (κ3) is 3.09. The van der Waals surface area contributed by atoms with Crippen LogP contribution < -0.4 is 10.1 Å². The molecule has 1 aromatic heterocycles. The number of hydrogen-bond donors (Lipinski definition) is 1. The highest BCUT2D eigenvalue weighted by Crippen LogP contribution is 2.18. The number of rotatable bonds is 3. The van der Waals surface area contributed by atoms with Gasteiger partial charge in [-0.25, -0.2) is 4.98 Å². The first-order valence-electron chi connectivity index (χ1n) is 4.48. The summed E-state index contributed by atoms with van der Waals surface area (Å²) >= 11 is 5.63. The van der Waals surface area contributed by atoms with E-state index in [1.54, 1.807) is 33.0 Å². The lowest BCUT2D eigenvalue weighted by atomic mass is 10.1. The molecule has 0 radical (unpaired) electrons. The van der Waals surface area contributed by atoms with Crippen molar-refractivity contribution in [3.05, 3.63) is 23.5 Å². The van der Waals surface area contributed by atoms with Crippen molar-refractivity contribution in [3.63, 3.8) is 0 Å². The van der Waals surface area contributed by atoms with Crippen LogP contribution in [0, 0.1) is 0 Å². The highest BCUT2D eigenvalue weighted by Gasteiger charge is 2.28. The van der Waals surface area contributed by atoms with Gasteiger partial charge in [-0.15, -0.1) is 0 Å². The molecule has 4 nitrogen and oxygen atoms in total. The monoisotopic (exact) mass is 228 g/mol. The number of hydrogen-bond acceptors (Lipinski definition) is 3. The summed E-state index contributed by atoms with van der Waals surface area (Å²) in [6.45, 7) is 3.36. The van der Waals surface area contributed by atoms with Crippen LogP contribution in [0.4, 0.5) is 0 Å². The van der Waals surface area contributed by atoms with Crippen LogP contribution >= 0.6 is 11.6 Å². The van der Waals surface area contributed by atoms with Gasteiger partial charge in [0.05, 0.1) is 6.20 Å². The van der Waals surface area contributed by atoms with Crippen molar-refractivity contribution in [3.8, 4) is 5.75 Å². The van der Waals surface area contributed by atoms with Crippen LogP contribution in [0.25, 0.3) is 0 Å². The smallest absolute Gasteiger partial charge is 0.263 e. The lowest BCUT2D eigenvalue weighted by Crippen LogP contribution is -2.45. The molecule has 1 amide bonds. The van der Waals surface area contributed by atoms with Gasteiger partial charge in [0.15, 0.2) is 5.60 Å². The van der Waals surface area contributed by atoms with Crippen LogP contribution in [0.5, 0.6) is 5.75 Å². The van der Waals surface area contributed by atoms with E-state index in [1.807, 2.05) is 0 Å². The number of pyridine rings is 1. The standard InChI is InChI=1S/C10H13ClN2O2/c1-10(2,9(14)12-3)15-7-4-5-8(11)13-6-7/h4-6H,1-3H3,(H,12,14). The van der Waals surface area contributed by atoms with E-state index in [2.05, 4.69) is 10.3 Å². The third-order valence-corrected chi connectivity index (χ3v) is 2.07. The predicted molar refractivity (Wildman–Crippen MR) is 58.0 cm³/mol. The molecule has 1 rings (SSSR count). The van der Waals surface area contributed by atoms with Gasteiger partial charge < -0.3 is 10.1 Å². The molecule has 1 heterocycles. The highest BCUT2D eigenvalue weighted by atomic mass is 35.5. The average molecular weight is 229 g/mol. The Hall–Kier alpha value is -1.29. The minimum atomic E-state index is -0.926. The van der Waals surface area contributed by atoms with Gasteiger partial charge in [0.25, 0.3) is 5.91 Å². The Kier molecular flexibility index (Phi) is 3.52. The first-order valence-corrected chi connectivity index (χ1v) is 4.86. The molecule has 0 spiro atoms. The molecule has 0 aliphatic heterocycles. The van der Waals surface area contributed by atoms with Gasteiger partial charge in [0.1, 0.15) is 10.9 Å². The van der Waals surface area contributed by atoms with Gasteiger partial charge in [-0.3, -0.25) is 4.79 Å². The second-order valence-electron chi connectivity index (χ2n) is 3.51. The molecular weight excluding hydrogens is 216 g/mol. The van der Waals surface area contributed by atoms with Crippen molar-refractivity contribution >= 4 is 17.5 Å². The first-order chi connectivity index (χ1) is 6.95. The van der Waals surface area contributed by atoms with Gasteiger partial charge in [-0.1, -0.05) is 11.6 Å². The molecule has 0 bridgehead atoms. The molecule has 0 saturated carbocycles. The van der Waals surface area contributed by atoms with Crippen molar-refractivity contribution in [2.24, 2.45) is 0 Å². The second-order valence-corrected chi connectivity index (χ2v) is 3.90. The van der Waals surface area contributed by atoms with E-state index >= 15 is 0 Å².